The molecule has 33 heavy (non-hydrogen) atoms. The first-order valence-electron chi connectivity index (χ1n) is 10.9. The molecule has 4 rings (SSSR count). The highest BCUT2D eigenvalue weighted by Gasteiger charge is 2.40. The topological polar surface area (TPSA) is 49.4 Å². The molecule has 3 aromatic carbocycles. The molecular weight excluding hydrogens is 452 g/mol. The van der Waals surface area contributed by atoms with Crippen molar-refractivity contribution in [3.8, 4) is 0 Å². The normalized spacial score (nSPS) is 13.9. The molecule has 0 radical (unpaired) electrons. The van der Waals surface area contributed by atoms with Crippen molar-refractivity contribution in [3.05, 3.63) is 99.5 Å². The number of nitrogens with one attached hydrogen (secondary N) is 1. The van der Waals surface area contributed by atoms with Gasteiger partial charge in [0.15, 0.2) is 0 Å². The summed E-state index contributed by atoms with van der Waals surface area (Å²) in [6, 6.07) is 22.7. The van der Waals surface area contributed by atoms with Gasteiger partial charge < -0.3 is 5.32 Å². The summed E-state index contributed by atoms with van der Waals surface area (Å²) >= 11 is 7.28. The second kappa shape index (κ2) is 9.86. The molecule has 1 heterocycles. The molecule has 0 aliphatic carbocycles. The second-order valence-corrected chi connectivity index (χ2v) is 9.65. The Labute approximate surface area is 203 Å². The number of aryl methyl sites for hydroxylation is 1. The highest BCUT2D eigenvalue weighted by atomic mass is 35.5. The third-order valence-electron chi connectivity index (χ3n) is 5.52. The van der Waals surface area contributed by atoms with Gasteiger partial charge in [0.25, 0.3) is 11.8 Å². The number of imide groups is 1. The van der Waals surface area contributed by atoms with Crippen LogP contribution in [0.15, 0.2) is 88.3 Å². The van der Waals surface area contributed by atoms with Gasteiger partial charge >= 0.3 is 0 Å². The summed E-state index contributed by atoms with van der Waals surface area (Å²) in [6.07, 6.45) is 0.929. The second-order valence-electron chi connectivity index (χ2n) is 8.13. The van der Waals surface area contributed by atoms with Crippen LogP contribution in [0, 0.1) is 0 Å². The molecule has 1 N–H and O–H groups in total. The van der Waals surface area contributed by atoms with Crippen LogP contribution in [-0.4, -0.2) is 11.8 Å². The number of anilines is 2. The van der Waals surface area contributed by atoms with E-state index in [1.54, 1.807) is 12.1 Å². The van der Waals surface area contributed by atoms with Gasteiger partial charge in [0.1, 0.15) is 10.6 Å². The van der Waals surface area contributed by atoms with Gasteiger partial charge in [0.05, 0.1) is 5.69 Å². The van der Waals surface area contributed by atoms with Crippen LogP contribution in [0.2, 0.25) is 5.02 Å². The summed E-state index contributed by atoms with van der Waals surface area (Å²) < 4.78 is 0. The number of halogens is 1. The Bertz CT molecular complexity index is 1200. The van der Waals surface area contributed by atoms with Crippen molar-refractivity contribution in [1.82, 2.24) is 0 Å². The fraction of sp³-hybridized carbons (Fsp3) is 0.185. The van der Waals surface area contributed by atoms with Gasteiger partial charge in [-0.15, -0.1) is 0 Å². The van der Waals surface area contributed by atoms with Crippen molar-refractivity contribution in [1.29, 1.82) is 0 Å². The largest absolute Gasteiger partial charge is 0.350 e. The zero-order valence-electron chi connectivity index (χ0n) is 18.8. The predicted molar refractivity (Wildman–Crippen MR) is 137 cm³/mol. The molecule has 0 bridgehead atoms. The zero-order valence-corrected chi connectivity index (χ0v) is 20.3. The summed E-state index contributed by atoms with van der Waals surface area (Å²) in [7, 11) is 0. The minimum absolute atomic E-state index is 0.275. The quantitative estimate of drug-likeness (QED) is 0.372. The molecule has 0 saturated heterocycles. The van der Waals surface area contributed by atoms with Crippen molar-refractivity contribution in [2.75, 3.05) is 10.2 Å². The monoisotopic (exact) mass is 476 g/mol. The van der Waals surface area contributed by atoms with Crippen LogP contribution in [0.25, 0.3) is 0 Å². The number of rotatable bonds is 7. The van der Waals surface area contributed by atoms with Crippen molar-refractivity contribution in [2.24, 2.45) is 0 Å². The van der Waals surface area contributed by atoms with Crippen molar-refractivity contribution < 1.29 is 9.59 Å². The third kappa shape index (κ3) is 5.00. The van der Waals surface area contributed by atoms with Crippen LogP contribution in [0.1, 0.15) is 37.8 Å². The lowest BCUT2D eigenvalue weighted by molar-refractivity contribution is -0.120. The van der Waals surface area contributed by atoms with Gasteiger partial charge in [-0.1, -0.05) is 68.4 Å². The van der Waals surface area contributed by atoms with E-state index in [1.165, 1.54) is 22.2 Å². The summed E-state index contributed by atoms with van der Waals surface area (Å²) in [5, 5.41) is 3.82. The lowest BCUT2D eigenvalue weighted by Crippen LogP contribution is -2.32. The Kier molecular flexibility index (Phi) is 6.91. The first-order valence-corrected chi connectivity index (χ1v) is 12.1. The first-order chi connectivity index (χ1) is 15.9. The van der Waals surface area contributed by atoms with Crippen LogP contribution < -0.4 is 10.2 Å². The van der Waals surface area contributed by atoms with Crippen LogP contribution in [0.5, 0.6) is 0 Å². The number of thioether (sulfide) groups is 1. The molecule has 0 unspecified atom stereocenters. The zero-order chi connectivity index (χ0) is 23.5. The minimum Gasteiger partial charge on any atom is -0.350 e. The van der Waals surface area contributed by atoms with Crippen LogP contribution in [0.3, 0.4) is 0 Å². The number of benzene rings is 3. The fourth-order valence-electron chi connectivity index (χ4n) is 3.55. The average Bonchev–Trinajstić information content (AvgIpc) is 3.05. The molecule has 1 aliphatic heterocycles. The standard InChI is InChI=1S/C27H25ClN2O2S/c1-4-18-5-11-21(12-6-18)29-24-25(33-23-15-9-20(28)10-16-23)27(32)30(26(24)31)22-13-7-19(8-14-22)17(2)3/h5-17,29H,4H2,1-3H3. The van der Waals surface area contributed by atoms with Gasteiger partial charge in [-0.25, -0.2) is 4.90 Å². The molecule has 168 valence electrons. The van der Waals surface area contributed by atoms with E-state index in [9.17, 15) is 9.59 Å². The van der Waals surface area contributed by atoms with E-state index in [0.29, 0.717) is 21.5 Å². The Hall–Kier alpha value is -3.02. The SMILES string of the molecule is CCc1ccc(NC2=C(Sc3ccc(Cl)cc3)C(=O)N(c3ccc(C(C)C)cc3)C2=O)cc1. The van der Waals surface area contributed by atoms with Gasteiger partial charge in [-0.2, -0.15) is 0 Å². The number of carbonyl (C=O) groups excluding carboxylic acids is 2. The molecule has 0 saturated carbocycles. The van der Waals surface area contributed by atoms with E-state index in [1.807, 2.05) is 60.7 Å². The first kappa shape index (κ1) is 23.1. The molecule has 0 atom stereocenters. The lowest BCUT2D eigenvalue weighted by Gasteiger charge is -2.16. The van der Waals surface area contributed by atoms with E-state index < -0.39 is 0 Å². The van der Waals surface area contributed by atoms with Crippen molar-refractivity contribution >= 4 is 46.6 Å². The maximum atomic E-state index is 13.5. The van der Waals surface area contributed by atoms with Gasteiger partial charge in [0.2, 0.25) is 0 Å². The average molecular weight is 477 g/mol. The van der Waals surface area contributed by atoms with E-state index in [0.717, 1.165) is 22.6 Å². The summed E-state index contributed by atoms with van der Waals surface area (Å²) in [5.74, 6) is -0.347. The van der Waals surface area contributed by atoms with Gasteiger partial charge in [-0.05, 0) is 72.0 Å². The molecule has 1 aliphatic rings. The maximum Gasteiger partial charge on any atom is 0.283 e. The highest BCUT2D eigenvalue weighted by molar-refractivity contribution is 8.04. The highest BCUT2D eigenvalue weighted by Crippen LogP contribution is 2.38. The molecule has 4 nitrogen and oxygen atoms in total. The van der Waals surface area contributed by atoms with Crippen molar-refractivity contribution in [2.45, 2.75) is 38.0 Å². The maximum absolute atomic E-state index is 13.5. The summed E-state index contributed by atoms with van der Waals surface area (Å²) in [5.41, 5.74) is 3.94. The number of amides is 2. The molecule has 0 spiro atoms. The molecule has 2 amide bonds. The van der Waals surface area contributed by atoms with E-state index in [-0.39, 0.29) is 17.5 Å². The molecule has 0 fully saturated rings. The number of nitrogens with zero attached hydrogens (tertiary/aromatic N) is 1. The number of hydrogen-bond acceptors (Lipinski definition) is 4. The number of hydrogen-bond donors (Lipinski definition) is 1. The Morgan fingerprint density at radius 1 is 0.879 bits per heavy atom. The Balaban J connectivity index is 1.70. The third-order valence-corrected chi connectivity index (χ3v) is 6.87. The van der Waals surface area contributed by atoms with E-state index in [2.05, 4.69) is 26.1 Å². The van der Waals surface area contributed by atoms with E-state index >= 15 is 0 Å². The van der Waals surface area contributed by atoms with Gasteiger partial charge in [0, 0.05) is 15.6 Å². The lowest BCUT2D eigenvalue weighted by atomic mass is 10.0. The molecule has 6 heteroatoms. The Morgan fingerprint density at radius 3 is 2.09 bits per heavy atom. The molecule has 3 aromatic rings. The fourth-order valence-corrected chi connectivity index (χ4v) is 4.60. The minimum atomic E-state index is -0.367. The Morgan fingerprint density at radius 2 is 1.52 bits per heavy atom. The number of carbonyl (C=O) groups is 2. The van der Waals surface area contributed by atoms with Crippen LogP contribution >= 0.6 is 23.4 Å². The van der Waals surface area contributed by atoms with E-state index in [4.69, 9.17) is 11.6 Å². The molecule has 0 aromatic heterocycles. The van der Waals surface area contributed by atoms with Crippen LogP contribution in [0.4, 0.5) is 11.4 Å². The molecular formula is C27H25ClN2O2S. The van der Waals surface area contributed by atoms with Crippen LogP contribution in [-0.2, 0) is 16.0 Å². The smallest absolute Gasteiger partial charge is 0.283 e. The summed E-state index contributed by atoms with van der Waals surface area (Å²) in [4.78, 5) is 29.4. The predicted octanol–water partition coefficient (Wildman–Crippen LogP) is 7.02. The van der Waals surface area contributed by atoms with Crippen molar-refractivity contribution in [3.63, 3.8) is 0 Å². The summed E-state index contributed by atoms with van der Waals surface area (Å²) in [6.45, 7) is 6.30. The van der Waals surface area contributed by atoms with Gasteiger partial charge in [-0.3, -0.25) is 9.59 Å².